The van der Waals surface area contributed by atoms with Gasteiger partial charge in [0.1, 0.15) is 0 Å². The monoisotopic (exact) mass is 260 g/mol. The average Bonchev–Trinajstić information content (AvgIpc) is 2.17. The van der Waals surface area contributed by atoms with Gasteiger partial charge in [-0.2, -0.15) is 0 Å². The Bertz CT molecular complexity index is 402. The van der Waals surface area contributed by atoms with Gasteiger partial charge in [0.25, 0.3) is 0 Å². The lowest BCUT2D eigenvalue weighted by molar-refractivity contribution is 0.224. The first kappa shape index (κ1) is 13.0. The Hall–Kier alpha value is -1.03. The summed E-state index contributed by atoms with van der Waals surface area (Å²) in [5, 5.41) is 0. The van der Waals surface area contributed by atoms with E-state index in [1.807, 2.05) is 0 Å². The minimum absolute atomic E-state index is 1.42. The molecule has 3 N–H and O–H groups in total. The fourth-order valence-corrected chi connectivity index (χ4v) is 1.83. The van der Waals surface area contributed by atoms with Crippen molar-refractivity contribution < 1.29 is 36.3 Å². The summed E-state index contributed by atoms with van der Waals surface area (Å²) in [7, 11) is -4.96. The highest BCUT2D eigenvalue weighted by Crippen LogP contribution is 2.24. The molecule has 0 spiro atoms. The summed E-state index contributed by atoms with van der Waals surface area (Å²) in [5.41, 5.74) is -1.45. The zero-order chi connectivity index (χ0) is 12.7. The van der Waals surface area contributed by atoms with Crippen molar-refractivity contribution in [1.29, 1.82) is 0 Å². The molecule has 0 fully saturated rings. The lowest BCUT2D eigenvalue weighted by Crippen LogP contribution is -2.39. The van der Waals surface area contributed by atoms with Crippen molar-refractivity contribution in [3.63, 3.8) is 0 Å². The van der Waals surface area contributed by atoms with E-state index in [0.717, 1.165) is 0 Å². The highest BCUT2D eigenvalue weighted by atomic mass is 28.4. The number of rotatable bonds is 2. The normalized spacial score (nSPS) is 12.0. The Morgan fingerprint density at radius 3 is 1.31 bits per heavy atom. The fourth-order valence-electron chi connectivity index (χ4n) is 1.04. The van der Waals surface area contributed by atoms with Gasteiger partial charge >= 0.3 is 8.80 Å². The van der Waals surface area contributed by atoms with E-state index in [-0.39, 0.29) is 0 Å². The third kappa shape index (κ3) is 2.37. The van der Waals surface area contributed by atoms with Crippen LogP contribution in [0.5, 0.6) is 0 Å². The summed E-state index contributed by atoms with van der Waals surface area (Å²) in [6, 6.07) is -1.42. The molecule has 3 nitrogen and oxygen atoms in total. The molecule has 1 aromatic carbocycles. The van der Waals surface area contributed by atoms with E-state index in [2.05, 4.69) is 0 Å². The lowest BCUT2D eigenvalue weighted by Gasteiger charge is -2.12. The fraction of sp³-hybridized carbons (Fsp3) is 0.143. The van der Waals surface area contributed by atoms with Crippen molar-refractivity contribution in [2.45, 2.75) is 6.04 Å². The molecule has 0 amide bonds. The molecule has 0 aliphatic heterocycles. The van der Waals surface area contributed by atoms with Gasteiger partial charge in [-0.1, -0.05) is 0 Å². The maximum atomic E-state index is 12.9. The molecule has 0 atom stereocenters. The lowest BCUT2D eigenvalue weighted by atomic mass is 10.2. The van der Waals surface area contributed by atoms with Crippen LogP contribution in [0.2, 0.25) is 0 Å². The van der Waals surface area contributed by atoms with Crippen LogP contribution in [-0.2, 0) is 6.04 Å². The quantitative estimate of drug-likeness (QED) is 0.312. The van der Waals surface area contributed by atoms with Crippen molar-refractivity contribution in [3.05, 3.63) is 34.6 Å². The SMILES string of the molecule is O[Si](O)(O)Cc1c(F)c(F)c(F)c(F)c1F. The molecular weight excluding hydrogens is 255 g/mol. The van der Waals surface area contributed by atoms with Crippen LogP contribution in [0.3, 0.4) is 0 Å². The minimum atomic E-state index is -4.96. The van der Waals surface area contributed by atoms with Crippen LogP contribution in [0.15, 0.2) is 0 Å². The zero-order valence-corrected chi connectivity index (χ0v) is 8.44. The molecule has 0 aliphatic carbocycles. The van der Waals surface area contributed by atoms with Crippen LogP contribution in [0.1, 0.15) is 5.56 Å². The molecule has 0 unspecified atom stereocenters. The number of hydrogen-bond acceptors (Lipinski definition) is 3. The van der Waals surface area contributed by atoms with Gasteiger partial charge < -0.3 is 14.4 Å². The first-order chi connectivity index (χ1) is 7.15. The van der Waals surface area contributed by atoms with Crippen molar-refractivity contribution in [1.82, 2.24) is 0 Å². The van der Waals surface area contributed by atoms with Gasteiger partial charge in [0, 0.05) is 11.6 Å². The number of benzene rings is 1. The molecule has 16 heavy (non-hydrogen) atoms. The second kappa shape index (κ2) is 4.09. The highest BCUT2D eigenvalue weighted by molar-refractivity contribution is 6.55. The number of halogens is 5. The molecule has 9 heteroatoms. The maximum absolute atomic E-state index is 12.9. The molecule has 0 saturated carbocycles. The topological polar surface area (TPSA) is 60.7 Å². The smallest absolute Gasteiger partial charge is 0.390 e. The summed E-state index contributed by atoms with van der Waals surface area (Å²) in [6.45, 7) is 0. The summed E-state index contributed by atoms with van der Waals surface area (Å²) in [5.74, 6) is -11.1. The van der Waals surface area contributed by atoms with E-state index in [1.54, 1.807) is 0 Å². The van der Waals surface area contributed by atoms with E-state index in [1.165, 1.54) is 0 Å². The predicted octanol–water partition coefficient (Wildman–Crippen LogP) is 0.380. The molecule has 1 aromatic rings. The van der Waals surface area contributed by atoms with Gasteiger partial charge in [0.15, 0.2) is 23.3 Å². The Morgan fingerprint density at radius 1 is 0.688 bits per heavy atom. The Kier molecular flexibility index (Phi) is 3.33. The highest BCUT2D eigenvalue weighted by Gasteiger charge is 2.34. The van der Waals surface area contributed by atoms with Gasteiger partial charge in [0.2, 0.25) is 5.82 Å². The first-order valence-electron chi connectivity index (χ1n) is 3.82. The molecular formula is C7H5F5O3Si. The third-order valence-corrected chi connectivity index (χ3v) is 2.54. The van der Waals surface area contributed by atoms with Gasteiger partial charge in [-0.15, -0.1) is 0 Å². The van der Waals surface area contributed by atoms with Crippen molar-refractivity contribution in [2.75, 3.05) is 0 Å². The Morgan fingerprint density at radius 2 is 1.00 bits per heavy atom. The first-order valence-corrected chi connectivity index (χ1v) is 5.87. The van der Waals surface area contributed by atoms with E-state index < -0.39 is 49.5 Å². The molecule has 90 valence electrons. The van der Waals surface area contributed by atoms with Crippen molar-refractivity contribution in [3.8, 4) is 0 Å². The second-order valence-electron chi connectivity index (χ2n) is 3.00. The van der Waals surface area contributed by atoms with Gasteiger partial charge in [-0.3, -0.25) is 0 Å². The van der Waals surface area contributed by atoms with Crippen molar-refractivity contribution >= 4 is 8.80 Å². The van der Waals surface area contributed by atoms with Crippen LogP contribution in [0.4, 0.5) is 22.0 Å². The van der Waals surface area contributed by atoms with E-state index in [4.69, 9.17) is 14.4 Å². The van der Waals surface area contributed by atoms with Gasteiger partial charge in [0.05, 0.1) is 0 Å². The summed E-state index contributed by atoms with van der Waals surface area (Å²) in [6.07, 6.45) is 0. The molecule has 0 bridgehead atoms. The van der Waals surface area contributed by atoms with Crippen molar-refractivity contribution in [2.24, 2.45) is 0 Å². The summed E-state index contributed by atoms with van der Waals surface area (Å²) < 4.78 is 63.5. The van der Waals surface area contributed by atoms with E-state index >= 15 is 0 Å². The minimum Gasteiger partial charge on any atom is -0.390 e. The van der Waals surface area contributed by atoms with Crippen LogP contribution in [-0.4, -0.2) is 23.2 Å². The molecule has 0 aliphatic rings. The van der Waals surface area contributed by atoms with Crippen LogP contribution in [0.25, 0.3) is 0 Å². The van der Waals surface area contributed by atoms with Crippen LogP contribution < -0.4 is 0 Å². The number of hydrogen-bond donors (Lipinski definition) is 3. The van der Waals surface area contributed by atoms with Gasteiger partial charge in [-0.25, -0.2) is 22.0 Å². The van der Waals surface area contributed by atoms with E-state index in [0.29, 0.717) is 0 Å². The van der Waals surface area contributed by atoms with Gasteiger partial charge in [-0.05, 0) is 0 Å². The standard InChI is InChI=1S/C7H5F5O3Si/c8-3-2(1-16(13,14)15)4(9)6(11)7(12)5(3)10/h13-15H,1H2. The molecule has 0 aromatic heterocycles. The van der Waals surface area contributed by atoms with E-state index in [9.17, 15) is 22.0 Å². The van der Waals surface area contributed by atoms with Crippen LogP contribution >= 0.6 is 0 Å². The molecule has 0 saturated heterocycles. The average molecular weight is 260 g/mol. The zero-order valence-electron chi connectivity index (χ0n) is 7.44. The molecule has 0 radical (unpaired) electrons. The second-order valence-corrected chi connectivity index (χ2v) is 4.90. The summed E-state index contributed by atoms with van der Waals surface area (Å²) >= 11 is 0. The third-order valence-electron chi connectivity index (χ3n) is 1.71. The molecule has 0 heterocycles. The Labute approximate surface area is 86.8 Å². The predicted molar refractivity (Wildman–Crippen MR) is 42.3 cm³/mol. The Balaban J connectivity index is 3.40. The largest absolute Gasteiger partial charge is 0.497 e. The molecule has 1 rings (SSSR count). The summed E-state index contributed by atoms with van der Waals surface area (Å²) in [4.78, 5) is 25.6. The van der Waals surface area contributed by atoms with Crippen LogP contribution in [0, 0.1) is 29.1 Å². The maximum Gasteiger partial charge on any atom is 0.497 e.